The standard InChI is InChI=1S/C39H41N3O6S2/c1-4-47-32-21-13-12-17-27(32)23-31(41-36(44)26-15-8-6-9-16-26)37(45)40-28-18-14-19-29(24-28)49-25(3)35(43)42-38-34(39(46)48-5-2)30-20-10-7-11-22-33(30)50-38/h6,8-9,12-19,21,23-25H,4-5,7,10-11,20,22H2,1-3H3,(H,40,45)(H,41,44)(H,42,43)/b31-23+. The van der Waals surface area contributed by atoms with E-state index in [1.807, 2.05) is 31.2 Å². The highest BCUT2D eigenvalue weighted by molar-refractivity contribution is 8.00. The molecule has 0 saturated heterocycles. The molecule has 11 heteroatoms. The number of amides is 3. The fraction of sp³-hybridized carbons (Fsp3) is 0.282. The van der Waals surface area contributed by atoms with Crippen LogP contribution in [0.15, 0.2) is 89.5 Å². The second kappa shape index (κ2) is 17.7. The van der Waals surface area contributed by atoms with Crippen LogP contribution < -0.4 is 20.7 Å². The summed E-state index contributed by atoms with van der Waals surface area (Å²) in [5.74, 6) is -1.03. The molecular weight excluding hydrogens is 671 g/mol. The number of hydrogen-bond acceptors (Lipinski definition) is 8. The van der Waals surface area contributed by atoms with Gasteiger partial charge in [0.1, 0.15) is 16.4 Å². The smallest absolute Gasteiger partial charge is 0.341 e. The molecule has 0 saturated carbocycles. The molecule has 9 nitrogen and oxygen atoms in total. The van der Waals surface area contributed by atoms with E-state index in [2.05, 4.69) is 16.0 Å². The summed E-state index contributed by atoms with van der Waals surface area (Å²) in [5, 5.41) is 8.68. The first-order valence-corrected chi connectivity index (χ1v) is 18.5. The van der Waals surface area contributed by atoms with Crippen LogP contribution in [-0.2, 0) is 27.2 Å². The Hall–Kier alpha value is -4.87. The van der Waals surface area contributed by atoms with E-state index in [-0.39, 0.29) is 18.2 Å². The maximum absolute atomic E-state index is 13.7. The molecule has 1 unspecified atom stereocenters. The molecule has 260 valence electrons. The average Bonchev–Trinajstić information content (AvgIpc) is 3.28. The number of fused-ring (bicyclic) bond motifs is 1. The number of hydrogen-bond donors (Lipinski definition) is 3. The second-order valence-electron chi connectivity index (χ2n) is 11.6. The minimum atomic E-state index is -0.530. The zero-order chi connectivity index (χ0) is 35.5. The number of aryl methyl sites for hydroxylation is 1. The van der Waals surface area contributed by atoms with Gasteiger partial charge < -0.3 is 25.4 Å². The average molecular weight is 712 g/mol. The largest absolute Gasteiger partial charge is 0.493 e. The van der Waals surface area contributed by atoms with Crippen LogP contribution in [0.3, 0.4) is 0 Å². The minimum absolute atomic E-state index is 0.0311. The van der Waals surface area contributed by atoms with Crippen molar-refractivity contribution in [1.82, 2.24) is 5.32 Å². The number of ether oxygens (including phenoxy) is 2. The molecule has 0 radical (unpaired) electrons. The maximum atomic E-state index is 13.7. The molecule has 0 fully saturated rings. The van der Waals surface area contributed by atoms with Crippen molar-refractivity contribution in [3.8, 4) is 5.75 Å². The number of thioether (sulfide) groups is 1. The van der Waals surface area contributed by atoms with Gasteiger partial charge in [-0.1, -0.05) is 48.9 Å². The Balaban J connectivity index is 1.31. The van der Waals surface area contributed by atoms with Crippen molar-refractivity contribution >= 4 is 63.6 Å². The molecule has 1 atom stereocenters. The Bertz CT molecular complexity index is 1870. The summed E-state index contributed by atoms with van der Waals surface area (Å²) in [4.78, 5) is 55.1. The number of benzene rings is 3. The van der Waals surface area contributed by atoms with E-state index in [1.54, 1.807) is 74.5 Å². The third-order valence-corrected chi connectivity index (χ3v) is 10.3. The molecule has 5 rings (SSSR count). The lowest BCUT2D eigenvalue weighted by molar-refractivity contribution is -0.115. The van der Waals surface area contributed by atoms with Crippen molar-refractivity contribution < 1.29 is 28.7 Å². The molecule has 3 aromatic carbocycles. The predicted octanol–water partition coefficient (Wildman–Crippen LogP) is 8.12. The summed E-state index contributed by atoms with van der Waals surface area (Å²) >= 11 is 2.79. The molecule has 0 spiro atoms. The van der Waals surface area contributed by atoms with Gasteiger partial charge in [-0.2, -0.15) is 0 Å². The summed E-state index contributed by atoms with van der Waals surface area (Å²) in [6, 6.07) is 23.1. The highest BCUT2D eigenvalue weighted by Gasteiger charge is 2.28. The van der Waals surface area contributed by atoms with Crippen LogP contribution in [0.5, 0.6) is 5.75 Å². The van der Waals surface area contributed by atoms with Gasteiger partial charge in [0.25, 0.3) is 11.8 Å². The van der Waals surface area contributed by atoms with Crippen LogP contribution in [0.25, 0.3) is 6.08 Å². The van der Waals surface area contributed by atoms with E-state index < -0.39 is 23.0 Å². The number of nitrogens with one attached hydrogen (secondary N) is 3. The van der Waals surface area contributed by atoms with E-state index in [9.17, 15) is 19.2 Å². The molecule has 1 heterocycles. The fourth-order valence-electron chi connectivity index (χ4n) is 5.55. The SMILES string of the molecule is CCOC(=O)c1c(NC(=O)C(C)Sc2cccc(NC(=O)/C(=C\c3ccccc3OCC)NC(=O)c3ccccc3)c2)sc2c1CCCCC2. The Morgan fingerprint density at radius 1 is 0.880 bits per heavy atom. The fourth-order valence-corrected chi connectivity index (χ4v) is 7.76. The lowest BCUT2D eigenvalue weighted by atomic mass is 10.1. The van der Waals surface area contributed by atoms with Crippen molar-refractivity contribution in [3.63, 3.8) is 0 Å². The number of carbonyl (C=O) groups excluding carboxylic acids is 4. The molecule has 1 aromatic heterocycles. The number of carbonyl (C=O) groups is 4. The van der Waals surface area contributed by atoms with Gasteiger partial charge in [-0.3, -0.25) is 14.4 Å². The van der Waals surface area contributed by atoms with E-state index in [1.165, 1.54) is 23.1 Å². The topological polar surface area (TPSA) is 123 Å². The predicted molar refractivity (Wildman–Crippen MR) is 200 cm³/mol. The molecule has 4 aromatic rings. The van der Waals surface area contributed by atoms with Crippen LogP contribution in [0.2, 0.25) is 0 Å². The lowest BCUT2D eigenvalue weighted by Gasteiger charge is -2.15. The third kappa shape index (κ3) is 9.42. The molecular formula is C39H41N3O6S2. The number of esters is 1. The highest BCUT2D eigenvalue weighted by Crippen LogP contribution is 2.38. The highest BCUT2D eigenvalue weighted by atomic mass is 32.2. The second-order valence-corrected chi connectivity index (χ2v) is 14.1. The van der Waals surface area contributed by atoms with Gasteiger partial charge in [0, 0.05) is 26.6 Å². The van der Waals surface area contributed by atoms with Crippen LogP contribution in [0, 0.1) is 0 Å². The van der Waals surface area contributed by atoms with Crippen LogP contribution in [0.1, 0.15) is 76.8 Å². The van der Waals surface area contributed by atoms with Crippen LogP contribution in [-0.4, -0.2) is 42.2 Å². The monoisotopic (exact) mass is 711 g/mol. The Morgan fingerprint density at radius 3 is 2.42 bits per heavy atom. The van der Waals surface area contributed by atoms with Crippen molar-refractivity contribution in [2.24, 2.45) is 0 Å². The van der Waals surface area contributed by atoms with Gasteiger partial charge in [0.15, 0.2) is 0 Å². The molecule has 50 heavy (non-hydrogen) atoms. The van der Waals surface area contributed by atoms with Crippen LogP contribution >= 0.6 is 23.1 Å². The number of anilines is 2. The first-order chi connectivity index (χ1) is 24.3. The quantitative estimate of drug-likeness (QED) is 0.0554. The zero-order valence-electron chi connectivity index (χ0n) is 28.4. The lowest BCUT2D eigenvalue weighted by Crippen LogP contribution is -2.30. The molecule has 0 aliphatic heterocycles. The molecule has 0 bridgehead atoms. The Morgan fingerprint density at radius 2 is 1.64 bits per heavy atom. The normalized spacial score (nSPS) is 13.3. The summed E-state index contributed by atoms with van der Waals surface area (Å²) in [5.41, 5.74) is 3.03. The third-order valence-electron chi connectivity index (χ3n) is 7.96. The first kappa shape index (κ1) is 36.4. The zero-order valence-corrected chi connectivity index (χ0v) is 30.0. The van der Waals surface area contributed by atoms with E-state index >= 15 is 0 Å². The summed E-state index contributed by atoms with van der Waals surface area (Å²) in [7, 11) is 0. The van der Waals surface area contributed by atoms with E-state index in [0.29, 0.717) is 39.7 Å². The summed E-state index contributed by atoms with van der Waals surface area (Å²) in [6.07, 6.45) is 6.43. The maximum Gasteiger partial charge on any atom is 0.341 e. The molecule has 3 amide bonds. The summed E-state index contributed by atoms with van der Waals surface area (Å²) in [6.45, 7) is 6.13. The van der Waals surface area contributed by atoms with Crippen molar-refractivity contribution in [2.45, 2.75) is 63.0 Å². The van der Waals surface area contributed by atoms with Gasteiger partial charge in [-0.05, 0) is 94.5 Å². The molecule has 1 aliphatic rings. The van der Waals surface area contributed by atoms with Crippen molar-refractivity contribution in [1.29, 1.82) is 0 Å². The Labute approximate surface area is 300 Å². The number of thiophene rings is 1. The van der Waals surface area contributed by atoms with Gasteiger partial charge in [-0.25, -0.2) is 4.79 Å². The number of rotatable bonds is 13. The summed E-state index contributed by atoms with van der Waals surface area (Å²) < 4.78 is 11.1. The minimum Gasteiger partial charge on any atom is -0.493 e. The molecule has 1 aliphatic carbocycles. The Kier molecular flexibility index (Phi) is 12.9. The number of para-hydroxylation sites is 1. The van der Waals surface area contributed by atoms with Crippen molar-refractivity contribution in [2.75, 3.05) is 23.8 Å². The van der Waals surface area contributed by atoms with Gasteiger partial charge in [0.2, 0.25) is 5.91 Å². The van der Waals surface area contributed by atoms with Gasteiger partial charge >= 0.3 is 5.97 Å². The molecule has 3 N–H and O–H groups in total. The van der Waals surface area contributed by atoms with Gasteiger partial charge in [-0.15, -0.1) is 23.1 Å². The van der Waals surface area contributed by atoms with E-state index in [4.69, 9.17) is 9.47 Å². The van der Waals surface area contributed by atoms with Crippen LogP contribution in [0.4, 0.5) is 10.7 Å². The van der Waals surface area contributed by atoms with Gasteiger partial charge in [0.05, 0.1) is 24.0 Å². The van der Waals surface area contributed by atoms with E-state index in [0.717, 1.165) is 47.4 Å². The van der Waals surface area contributed by atoms with Crippen molar-refractivity contribution in [3.05, 3.63) is 112 Å². The first-order valence-electron chi connectivity index (χ1n) is 16.8.